The van der Waals surface area contributed by atoms with E-state index in [1.165, 1.54) is 0 Å². The smallest absolute Gasteiger partial charge is 0.250 e. The lowest BCUT2D eigenvalue weighted by Crippen LogP contribution is -2.61. The van der Waals surface area contributed by atoms with Gasteiger partial charge in [0.1, 0.15) is 0 Å². The van der Waals surface area contributed by atoms with Crippen LogP contribution in [-0.2, 0) is 0 Å². The first kappa shape index (κ1) is 13.2. The van der Waals surface area contributed by atoms with Crippen molar-refractivity contribution in [2.45, 2.75) is 75.9 Å². The molecule has 0 bridgehead atoms. The Hall–Kier alpha value is -0.220. The first-order valence-electron chi connectivity index (χ1n) is 6.47. The summed E-state index contributed by atoms with van der Waals surface area (Å²) >= 11 is 0. The van der Waals surface area contributed by atoms with Gasteiger partial charge in [-0.15, -0.1) is 0 Å². The minimum absolute atomic E-state index is 0.185. The topological polar surface area (TPSA) is 46.2 Å². The third-order valence-corrected chi connectivity index (χ3v) is 4.87. The number of rotatable bonds is 1. The minimum Gasteiger partial charge on any atom is -0.388 e. The van der Waals surface area contributed by atoms with Gasteiger partial charge in [-0.25, -0.2) is 8.78 Å². The van der Waals surface area contributed by atoms with Crippen molar-refractivity contribution in [3.05, 3.63) is 0 Å². The molecule has 0 amide bonds. The molecule has 2 aliphatic rings. The fourth-order valence-electron chi connectivity index (χ4n) is 3.28. The Kier molecular flexibility index (Phi) is 2.83. The highest BCUT2D eigenvalue weighted by atomic mass is 19.3. The highest BCUT2D eigenvalue weighted by Crippen LogP contribution is 2.52. The summed E-state index contributed by atoms with van der Waals surface area (Å²) in [6, 6.07) is 0. The number of hydrogen-bond donors (Lipinski definition) is 2. The van der Waals surface area contributed by atoms with E-state index in [1.54, 1.807) is 0 Å². The maximum Gasteiger partial charge on any atom is 0.250 e. The molecule has 0 aliphatic heterocycles. The second-order valence-corrected chi connectivity index (χ2v) is 6.88. The molecule has 2 nitrogen and oxygen atoms in total. The number of alkyl halides is 2. The molecule has 2 fully saturated rings. The van der Waals surface area contributed by atoms with Crippen molar-refractivity contribution < 1.29 is 13.9 Å². The molecule has 0 heterocycles. The zero-order valence-corrected chi connectivity index (χ0v) is 10.7. The van der Waals surface area contributed by atoms with Gasteiger partial charge in [0, 0.05) is 12.8 Å². The summed E-state index contributed by atoms with van der Waals surface area (Å²) in [5.74, 6) is -2.70. The average molecular weight is 247 g/mol. The fraction of sp³-hybridized carbons (Fsp3) is 1.00. The molecule has 2 rings (SSSR count). The summed E-state index contributed by atoms with van der Waals surface area (Å²) < 4.78 is 26.7. The number of nitrogens with two attached hydrogens (primary N) is 1. The van der Waals surface area contributed by atoms with Gasteiger partial charge in [-0.05, 0) is 37.5 Å². The average Bonchev–Trinajstić information content (AvgIpc) is 2.48. The second-order valence-electron chi connectivity index (χ2n) is 6.88. The summed E-state index contributed by atoms with van der Waals surface area (Å²) in [5.41, 5.74) is 4.12. The number of hydrogen-bond acceptors (Lipinski definition) is 2. The molecule has 2 aliphatic carbocycles. The van der Waals surface area contributed by atoms with Crippen molar-refractivity contribution in [3.8, 4) is 0 Å². The van der Waals surface area contributed by atoms with Gasteiger partial charge in [-0.3, -0.25) is 0 Å². The van der Waals surface area contributed by atoms with Crippen LogP contribution in [0.15, 0.2) is 0 Å². The van der Waals surface area contributed by atoms with Crippen LogP contribution >= 0.6 is 0 Å². The summed E-state index contributed by atoms with van der Waals surface area (Å²) in [6.45, 7) is 4.30. The lowest BCUT2D eigenvalue weighted by Gasteiger charge is -2.48. The maximum atomic E-state index is 13.3. The summed E-state index contributed by atoms with van der Waals surface area (Å²) in [4.78, 5) is 0. The van der Waals surface area contributed by atoms with Gasteiger partial charge < -0.3 is 10.8 Å². The van der Waals surface area contributed by atoms with Gasteiger partial charge in [0.25, 0.3) is 0 Å². The number of halogens is 2. The Morgan fingerprint density at radius 1 is 0.941 bits per heavy atom. The quantitative estimate of drug-likeness (QED) is 0.748. The van der Waals surface area contributed by atoms with E-state index in [2.05, 4.69) is 13.8 Å². The van der Waals surface area contributed by atoms with Crippen molar-refractivity contribution in [3.63, 3.8) is 0 Å². The van der Waals surface area contributed by atoms with Crippen molar-refractivity contribution in [2.75, 3.05) is 0 Å². The molecule has 0 aromatic heterocycles. The maximum absolute atomic E-state index is 13.3. The molecule has 0 aromatic rings. The van der Waals surface area contributed by atoms with Crippen molar-refractivity contribution in [1.29, 1.82) is 0 Å². The molecule has 1 unspecified atom stereocenters. The van der Waals surface area contributed by atoms with Crippen molar-refractivity contribution in [2.24, 2.45) is 11.1 Å². The van der Waals surface area contributed by atoms with Crippen molar-refractivity contribution >= 4 is 0 Å². The van der Waals surface area contributed by atoms with E-state index in [9.17, 15) is 13.9 Å². The monoisotopic (exact) mass is 247 g/mol. The summed E-state index contributed by atoms with van der Waals surface area (Å²) in [5, 5.41) is 10.6. The Labute approximate surface area is 102 Å². The molecule has 0 saturated heterocycles. The van der Waals surface area contributed by atoms with E-state index in [0.29, 0.717) is 12.8 Å². The van der Waals surface area contributed by atoms with Gasteiger partial charge in [0.2, 0.25) is 5.92 Å². The molecule has 100 valence electrons. The van der Waals surface area contributed by atoms with Gasteiger partial charge in [-0.1, -0.05) is 13.8 Å². The van der Waals surface area contributed by atoms with Crippen LogP contribution in [0.1, 0.15) is 58.8 Å². The van der Waals surface area contributed by atoms with E-state index in [1.807, 2.05) is 0 Å². The zero-order chi connectivity index (χ0) is 12.9. The molecule has 0 aromatic carbocycles. The third kappa shape index (κ3) is 2.34. The molecule has 3 N–H and O–H groups in total. The van der Waals surface area contributed by atoms with Crippen LogP contribution in [0.25, 0.3) is 0 Å². The normalized spacial score (nSPS) is 39.2. The van der Waals surface area contributed by atoms with E-state index >= 15 is 0 Å². The first-order chi connectivity index (χ1) is 7.58. The van der Waals surface area contributed by atoms with Crippen LogP contribution in [0.2, 0.25) is 0 Å². The Bertz CT molecular complexity index is 307. The predicted molar refractivity (Wildman–Crippen MR) is 62.9 cm³/mol. The Balaban J connectivity index is 2.12. The van der Waals surface area contributed by atoms with E-state index < -0.39 is 17.1 Å². The SMILES string of the molecule is CC1(C)CCC(O)(C2(N)CCC(F)(F)C2)CC1. The van der Waals surface area contributed by atoms with Gasteiger partial charge in [-0.2, -0.15) is 0 Å². The molecule has 2 saturated carbocycles. The second kappa shape index (κ2) is 3.64. The number of aliphatic hydroxyl groups is 1. The van der Waals surface area contributed by atoms with Crippen LogP contribution in [0.4, 0.5) is 8.78 Å². The van der Waals surface area contributed by atoms with Crippen LogP contribution in [0.5, 0.6) is 0 Å². The standard InChI is InChI=1S/C13H23F2NO/c1-10(2)3-6-12(17,7-4-10)11(16)5-8-13(14,15)9-11/h17H,3-9,16H2,1-2H3. The first-order valence-corrected chi connectivity index (χ1v) is 6.47. The van der Waals surface area contributed by atoms with E-state index in [4.69, 9.17) is 5.73 Å². The van der Waals surface area contributed by atoms with Crippen LogP contribution in [-0.4, -0.2) is 22.2 Å². The van der Waals surface area contributed by atoms with Crippen LogP contribution in [0.3, 0.4) is 0 Å². The zero-order valence-electron chi connectivity index (χ0n) is 10.7. The lowest BCUT2D eigenvalue weighted by atomic mass is 9.63. The molecular weight excluding hydrogens is 224 g/mol. The minimum atomic E-state index is -2.70. The Morgan fingerprint density at radius 2 is 1.47 bits per heavy atom. The van der Waals surface area contributed by atoms with Crippen LogP contribution < -0.4 is 5.73 Å². The van der Waals surface area contributed by atoms with Gasteiger partial charge in [0.05, 0.1) is 11.1 Å². The third-order valence-electron chi connectivity index (χ3n) is 4.87. The summed E-state index contributed by atoms with van der Waals surface area (Å²) in [7, 11) is 0. The van der Waals surface area contributed by atoms with Crippen LogP contribution in [0, 0.1) is 5.41 Å². The molecule has 1 atom stereocenters. The highest BCUT2D eigenvalue weighted by molar-refractivity contribution is 5.12. The molecule has 0 spiro atoms. The predicted octanol–water partition coefficient (Wildman–Crippen LogP) is 2.83. The van der Waals surface area contributed by atoms with Crippen molar-refractivity contribution in [1.82, 2.24) is 0 Å². The lowest BCUT2D eigenvalue weighted by molar-refractivity contribution is -0.0955. The largest absolute Gasteiger partial charge is 0.388 e. The fourth-order valence-corrected chi connectivity index (χ4v) is 3.28. The van der Waals surface area contributed by atoms with Gasteiger partial charge >= 0.3 is 0 Å². The van der Waals surface area contributed by atoms with E-state index in [0.717, 1.165) is 12.8 Å². The molecule has 0 radical (unpaired) electrons. The molecular formula is C13H23F2NO. The molecule has 4 heteroatoms. The molecule has 17 heavy (non-hydrogen) atoms. The Morgan fingerprint density at radius 3 is 1.88 bits per heavy atom. The van der Waals surface area contributed by atoms with E-state index in [-0.39, 0.29) is 24.7 Å². The summed E-state index contributed by atoms with van der Waals surface area (Å²) in [6.07, 6.45) is 2.49. The highest BCUT2D eigenvalue weighted by Gasteiger charge is 2.58. The van der Waals surface area contributed by atoms with Gasteiger partial charge in [0.15, 0.2) is 0 Å².